The summed E-state index contributed by atoms with van der Waals surface area (Å²) in [6, 6.07) is 23.2. The molecule has 0 aliphatic heterocycles. The van der Waals surface area contributed by atoms with E-state index in [1.165, 1.54) is 17.7 Å². The van der Waals surface area contributed by atoms with Crippen molar-refractivity contribution in [3.8, 4) is 0 Å². The van der Waals surface area contributed by atoms with Crippen molar-refractivity contribution in [1.82, 2.24) is 5.32 Å². The second kappa shape index (κ2) is 9.59. The van der Waals surface area contributed by atoms with Crippen molar-refractivity contribution in [2.45, 2.75) is 37.6 Å². The Bertz CT molecular complexity index is 1090. The van der Waals surface area contributed by atoms with Gasteiger partial charge >= 0.3 is 0 Å². The van der Waals surface area contributed by atoms with E-state index in [0.29, 0.717) is 11.3 Å². The maximum absolute atomic E-state index is 12.7. The van der Waals surface area contributed by atoms with Crippen LogP contribution >= 0.6 is 0 Å². The van der Waals surface area contributed by atoms with Gasteiger partial charge in [0.1, 0.15) is 0 Å². The lowest BCUT2D eigenvalue weighted by molar-refractivity contribution is 0.0938. The largest absolute Gasteiger partial charge is 0.350 e. The van der Waals surface area contributed by atoms with Gasteiger partial charge in [0.05, 0.1) is 4.90 Å². The molecule has 6 heteroatoms. The maximum atomic E-state index is 12.7. The number of aryl methyl sites for hydroxylation is 2. The molecular weight excluding hydrogens is 396 g/mol. The highest BCUT2D eigenvalue weighted by molar-refractivity contribution is 7.92. The summed E-state index contributed by atoms with van der Waals surface area (Å²) < 4.78 is 27.9. The van der Waals surface area contributed by atoms with E-state index in [4.69, 9.17) is 0 Å². The van der Waals surface area contributed by atoms with Crippen molar-refractivity contribution in [3.63, 3.8) is 0 Å². The zero-order chi connectivity index (χ0) is 21.6. The zero-order valence-corrected chi connectivity index (χ0v) is 17.9. The first-order valence-electron chi connectivity index (χ1n) is 9.88. The van der Waals surface area contributed by atoms with Gasteiger partial charge in [-0.05, 0) is 62.6 Å². The summed E-state index contributed by atoms with van der Waals surface area (Å²) in [6.45, 7) is 3.88. The van der Waals surface area contributed by atoms with Crippen molar-refractivity contribution >= 4 is 21.6 Å². The van der Waals surface area contributed by atoms with Gasteiger partial charge in [0.2, 0.25) is 0 Å². The number of carbonyl (C=O) groups excluding carboxylic acids is 1. The lowest BCUT2D eigenvalue weighted by atomic mass is 10.1. The molecule has 3 aromatic carbocycles. The molecule has 0 radical (unpaired) electrons. The Balaban J connectivity index is 1.64. The standard InChI is InChI=1S/C24H26N2O3S/c1-18-11-15-22(16-12-18)26-30(28,29)23-10-6-9-21(17-23)24(27)25-19(2)13-14-20-7-4-3-5-8-20/h3-12,15-17,19,26H,13-14H2,1-2H3,(H,25,27)/t19-/m0/s1. The first-order valence-corrected chi connectivity index (χ1v) is 11.4. The van der Waals surface area contributed by atoms with Gasteiger partial charge in [-0.25, -0.2) is 8.42 Å². The van der Waals surface area contributed by atoms with Crippen molar-refractivity contribution < 1.29 is 13.2 Å². The molecule has 2 N–H and O–H groups in total. The van der Waals surface area contributed by atoms with Crippen molar-refractivity contribution in [3.05, 3.63) is 95.6 Å². The van der Waals surface area contributed by atoms with Crippen LogP contribution in [0.25, 0.3) is 0 Å². The van der Waals surface area contributed by atoms with E-state index in [1.54, 1.807) is 24.3 Å². The molecule has 156 valence electrons. The van der Waals surface area contributed by atoms with Gasteiger partial charge in [0, 0.05) is 17.3 Å². The molecule has 0 aromatic heterocycles. The van der Waals surface area contributed by atoms with E-state index in [-0.39, 0.29) is 16.8 Å². The van der Waals surface area contributed by atoms with E-state index in [0.717, 1.165) is 18.4 Å². The SMILES string of the molecule is Cc1ccc(NS(=O)(=O)c2cccc(C(=O)N[C@@H](C)CCc3ccccc3)c2)cc1. The monoisotopic (exact) mass is 422 g/mol. The Morgan fingerprint density at radius 3 is 2.33 bits per heavy atom. The van der Waals surface area contributed by atoms with E-state index in [1.807, 2.05) is 44.2 Å². The Morgan fingerprint density at radius 1 is 0.933 bits per heavy atom. The van der Waals surface area contributed by atoms with E-state index >= 15 is 0 Å². The average Bonchev–Trinajstić information content (AvgIpc) is 2.74. The summed E-state index contributed by atoms with van der Waals surface area (Å²) in [5.74, 6) is -0.289. The quantitative estimate of drug-likeness (QED) is 0.559. The second-order valence-electron chi connectivity index (χ2n) is 7.40. The molecule has 0 spiro atoms. The lowest BCUT2D eigenvalue weighted by Crippen LogP contribution is -2.33. The maximum Gasteiger partial charge on any atom is 0.261 e. The fourth-order valence-corrected chi connectivity index (χ4v) is 4.15. The van der Waals surface area contributed by atoms with Gasteiger partial charge in [0.15, 0.2) is 0 Å². The van der Waals surface area contributed by atoms with Crippen LogP contribution in [0.5, 0.6) is 0 Å². The molecule has 5 nitrogen and oxygen atoms in total. The van der Waals surface area contributed by atoms with Gasteiger partial charge in [-0.3, -0.25) is 9.52 Å². The highest BCUT2D eigenvalue weighted by Crippen LogP contribution is 2.18. The number of nitrogens with one attached hydrogen (secondary N) is 2. The van der Waals surface area contributed by atoms with E-state index < -0.39 is 10.0 Å². The van der Waals surface area contributed by atoms with Crippen LogP contribution in [0.3, 0.4) is 0 Å². The number of hydrogen-bond acceptors (Lipinski definition) is 3. The van der Waals surface area contributed by atoms with Crippen LogP contribution in [0, 0.1) is 6.92 Å². The first kappa shape index (κ1) is 21.6. The Morgan fingerprint density at radius 2 is 1.63 bits per heavy atom. The first-order chi connectivity index (χ1) is 14.3. The van der Waals surface area contributed by atoms with E-state index in [2.05, 4.69) is 22.2 Å². The van der Waals surface area contributed by atoms with Crippen LogP contribution in [-0.2, 0) is 16.4 Å². The Kier molecular flexibility index (Phi) is 6.90. The van der Waals surface area contributed by atoms with Crippen molar-refractivity contribution in [2.75, 3.05) is 4.72 Å². The van der Waals surface area contributed by atoms with E-state index in [9.17, 15) is 13.2 Å². The van der Waals surface area contributed by atoms with Crippen LogP contribution in [0.1, 0.15) is 34.8 Å². The summed E-state index contributed by atoms with van der Waals surface area (Å²) in [5.41, 5.74) is 3.05. The van der Waals surface area contributed by atoms with Crippen molar-refractivity contribution in [2.24, 2.45) is 0 Å². The summed E-state index contributed by atoms with van der Waals surface area (Å²) in [4.78, 5) is 12.7. The van der Waals surface area contributed by atoms with Gasteiger partial charge in [-0.2, -0.15) is 0 Å². The third kappa shape index (κ3) is 5.94. The minimum Gasteiger partial charge on any atom is -0.350 e. The molecule has 0 aliphatic rings. The normalized spacial score (nSPS) is 12.2. The molecule has 1 atom stereocenters. The topological polar surface area (TPSA) is 75.3 Å². The number of hydrogen-bond donors (Lipinski definition) is 2. The minimum absolute atomic E-state index is 0.0383. The number of carbonyl (C=O) groups is 1. The molecule has 1 amide bonds. The number of anilines is 1. The predicted octanol–water partition coefficient (Wildman–Crippen LogP) is 4.55. The molecule has 3 rings (SSSR count). The molecule has 0 heterocycles. The average molecular weight is 423 g/mol. The summed E-state index contributed by atoms with van der Waals surface area (Å²) in [6.07, 6.45) is 1.65. The van der Waals surface area contributed by atoms with Gasteiger partial charge < -0.3 is 5.32 Å². The summed E-state index contributed by atoms with van der Waals surface area (Å²) in [5, 5.41) is 2.95. The predicted molar refractivity (Wildman–Crippen MR) is 120 cm³/mol. The number of amides is 1. The van der Waals surface area contributed by atoms with Gasteiger partial charge in [0.25, 0.3) is 15.9 Å². The zero-order valence-electron chi connectivity index (χ0n) is 17.1. The van der Waals surface area contributed by atoms with Gasteiger partial charge in [-0.15, -0.1) is 0 Å². The fourth-order valence-electron chi connectivity index (χ4n) is 3.05. The van der Waals surface area contributed by atoms with Crippen LogP contribution in [0.2, 0.25) is 0 Å². The Hall–Kier alpha value is -3.12. The molecule has 0 saturated heterocycles. The molecule has 0 bridgehead atoms. The number of benzene rings is 3. The van der Waals surface area contributed by atoms with Crippen LogP contribution in [-0.4, -0.2) is 20.4 Å². The molecule has 30 heavy (non-hydrogen) atoms. The molecular formula is C24H26N2O3S. The number of rotatable bonds is 8. The molecule has 0 fully saturated rings. The molecule has 0 aliphatic carbocycles. The van der Waals surface area contributed by atoms with Crippen LogP contribution < -0.4 is 10.0 Å². The van der Waals surface area contributed by atoms with Crippen LogP contribution in [0.4, 0.5) is 5.69 Å². The second-order valence-corrected chi connectivity index (χ2v) is 9.08. The molecule has 0 saturated carbocycles. The van der Waals surface area contributed by atoms with Crippen molar-refractivity contribution in [1.29, 1.82) is 0 Å². The summed E-state index contributed by atoms with van der Waals surface area (Å²) >= 11 is 0. The minimum atomic E-state index is -3.79. The smallest absolute Gasteiger partial charge is 0.261 e. The lowest BCUT2D eigenvalue weighted by Gasteiger charge is -2.15. The highest BCUT2D eigenvalue weighted by atomic mass is 32.2. The fraction of sp³-hybridized carbons (Fsp3) is 0.208. The van der Waals surface area contributed by atoms with Gasteiger partial charge in [-0.1, -0.05) is 54.1 Å². The Labute approximate surface area is 178 Å². The highest BCUT2D eigenvalue weighted by Gasteiger charge is 2.17. The summed E-state index contributed by atoms with van der Waals surface area (Å²) in [7, 11) is -3.79. The number of sulfonamides is 1. The van der Waals surface area contributed by atoms with Crippen LogP contribution in [0.15, 0.2) is 83.8 Å². The third-order valence-electron chi connectivity index (χ3n) is 4.80. The molecule has 0 unspecified atom stereocenters. The molecule has 3 aromatic rings. The third-order valence-corrected chi connectivity index (χ3v) is 6.18.